The minimum absolute atomic E-state index is 0.00922. The van der Waals surface area contributed by atoms with Crippen LogP contribution in [0.1, 0.15) is 23.3 Å². The molecule has 0 aliphatic rings. The Morgan fingerprint density at radius 3 is 2.55 bits per heavy atom. The first-order valence-electron chi connectivity index (χ1n) is 5.32. The molecule has 2 N–H and O–H groups in total. The fourth-order valence-corrected chi connectivity index (χ4v) is 1.50. The smallest absolute Gasteiger partial charge is 0.471 e. The van der Waals surface area contributed by atoms with Crippen molar-refractivity contribution in [3.05, 3.63) is 41.3 Å². The molecule has 2 rings (SSSR count). The normalized spacial score (nSPS) is 13.3. The van der Waals surface area contributed by atoms with Crippen LogP contribution >= 0.6 is 0 Å². The summed E-state index contributed by atoms with van der Waals surface area (Å²) >= 11 is 0. The number of nitrogens with zero attached hydrogens (tertiary/aromatic N) is 2. The van der Waals surface area contributed by atoms with Crippen LogP contribution in [-0.2, 0) is 6.18 Å². The van der Waals surface area contributed by atoms with Gasteiger partial charge in [0, 0.05) is 0 Å². The number of nitrogens with two attached hydrogens (primary N) is 1. The molecule has 0 radical (unpaired) electrons. The van der Waals surface area contributed by atoms with Crippen LogP contribution in [0.3, 0.4) is 0 Å². The minimum Gasteiger partial charge on any atom is -0.494 e. The van der Waals surface area contributed by atoms with Gasteiger partial charge in [-0.3, -0.25) is 0 Å². The molecular formula is C11H9F4N3O2. The number of aromatic nitrogens is 2. The predicted octanol–water partition coefficient (Wildman–Crippen LogP) is 2.28. The van der Waals surface area contributed by atoms with E-state index in [2.05, 4.69) is 14.7 Å². The third-order valence-corrected chi connectivity index (χ3v) is 2.50. The Balaban J connectivity index is 2.29. The van der Waals surface area contributed by atoms with Crippen LogP contribution in [0, 0.1) is 5.82 Å². The lowest BCUT2D eigenvalue weighted by Gasteiger charge is -2.09. The van der Waals surface area contributed by atoms with Gasteiger partial charge in [0.2, 0.25) is 0 Å². The van der Waals surface area contributed by atoms with E-state index in [9.17, 15) is 17.6 Å². The molecule has 0 aliphatic carbocycles. The lowest BCUT2D eigenvalue weighted by atomic mass is 10.1. The standard InChI is InChI=1S/C11H9F4N3O2/c1-19-7-3-2-5(4-6(7)12)8(16)9-17-10(20-18-9)11(13,14)15/h2-4,8H,16H2,1H3. The van der Waals surface area contributed by atoms with Gasteiger partial charge < -0.3 is 15.0 Å². The molecule has 0 spiro atoms. The monoisotopic (exact) mass is 291 g/mol. The number of hydrogen-bond donors (Lipinski definition) is 1. The number of benzene rings is 1. The average Bonchev–Trinajstić information content (AvgIpc) is 2.87. The van der Waals surface area contributed by atoms with Crippen LogP contribution < -0.4 is 10.5 Å². The summed E-state index contributed by atoms with van der Waals surface area (Å²) in [6, 6.07) is 2.59. The maximum Gasteiger partial charge on any atom is 0.471 e. The van der Waals surface area contributed by atoms with Gasteiger partial charge in [-0.05, 0) is 17.7 Å². The van der Waals surface area contributed by atoms with Crippen LogP contribution in [0.25, 0.3) is 0 Å². The molecule has 2 aromatic rings. The van der Waals surface area contributed by atoms with Crippen molar-refractivity contribution in [2.75, 3.05) is 7.11 Å². The number of rotatable bonds is 3. The van der Waals surface area contributed by atoms with Crippen LogP contribution in [0.4, 0.5) is 17.6 Å². The zero-order valence-electron chi connectivity index (χ0n) is 10.1. The van der Waals surface area contributed by atoms with Crippen molar-refractivity contribution in [3.63, 3.8) is 0 Å². The van der Waals surface area contributed by atoms with Gasteiger partial charge in [0.25, 0.3) is 0 Å². The summed E-state index contributed by atoms with van der Waals surface area (Å²) in [6.07, 6.45) is -4.75. The first-order valence-corrected chi connectivity index (χ1v) is 5.32. The van der Waals surface area contributed by atoms with E-state index in [-0.39, 0.29) is 17.1 Å². The van der Waals surface area contributed by atoms with E-state index in [0.29, 0.717) is 0 Å². The highest BCUT2D eigenvalue weighted by Crippen LogP contribution is 2.29. The summed E-state index contributed by atoms with van der Waals surface area (Å²) in [5.74, 6) is -2.59. The second-order valence-electron chi connectivity index (χ2n) is 3.83. The topological polar surface area (TPSA) is 74.2 Å². The van der Waals surface area contributed by atoms with Crippen molar-refractivity contribution in [2.45, 2.75) is 12.2 Å². The Bertz CT molecular complexity index is 612. The summed E-state index contributed by atoms with van der Waals surface area (Å²) in [6.45, 7) is 0. The number of alkyl halides is 3. The predicted molar refractivity (Wildman–Crippen MR) is 58.3 cm³/mol. The summed E-state index contributed by atoms with van der Waals surface area (Å²) in [4.78, 5) is 3.15. The molecular weight excluding hydrogens is 282 g/mol. The Labute approximate surface area is 110 Å². The average molecular weight is 291 g/mol. The lowest BCUT2D eigenvalue weighted by Crippen LogP contribution is -2.14. The lowest BCUT2D eigenvalue weighted by molar-refractivity contribution is -0.159. The summed E-state index contributed by atoms with van der Waals surface area (Å²) in [5, 5.41) is 3.15. The minimum atomic E-state index is -4.75. The molecule has 9 heteroatoms. The molecule has 108 valence electrons. The van der Waals surface area contributed by atoms with Gasteiger partial charge in [-0.15, -0.1) is 0 Å². The maximum absolute atomic E-state index is 13.5. The molecule has 0 fully saturated rings. The summed E-state index contributed by atoms with van der Waals surface area (Å²) in [5.41, 5.74) is 5.87. The van der Waals surface area contributed by atoms with Crippen LogP contribution in [0.2, 0.25) is 0 Å². The molecule has 1 aromatic carbocycles. The fourth-order valence-electron chi connectivity index (χ4n) is 1.50. The molecule has 0 saturated heterocycles. The largest absolute Gasteiger partial charge is 0.494 e. The number of hydrogen-bond acceptors (Lipinski definition) is 5. The molecule has 0 amide bonds. The Morgan fingerprint density at radius 2 is 2.05 bits per heavy atom. The van der Waals surface area contributed by atoms with Crippen LogP contribution in [0.15, 0.2) is 22.7 Å². The van der Waals surface area contributed by atoms with Gasteiger partial charge >= 0.3 is 12.1 Å². The van der Waals surface area contributed by atoms with Gasteiger partial charge in [0.15, 0.2) is 17.4 Å². The summed E-state index contributed by atoms with van der Waals surface area (Å²) < 4.78 is 59.2. The van der Waals surface area contributed by atoms with Crippen molar-refractivity contribution >= 4 is 0 Å². The molecule has 0 bridgehead atoms. The van der Waals surface area contributed by atoms with Crippen molar-refractivity contribution in [2.24, 2.45) is 5.73 Å². The number of ether oxygens (including phenoxy) is 1. The Hall–Kier alpha value is -2.16. The molecule has 20 heavy (non-hydrogen) atoms. The second-order valence-corrected chi connectivity index (χ2v) is 3.83. The van der Waals surface area contributed by atoms with Crippen LogP contribution in [0.5, 0.6) is 5.75 Å². The quantitative estimate of drug-likeness (QED) is 0.878. The van der Waals surface area contributed by atoms with E-state index in [4.69, 9.17) is 10.5 Å². The molecule has 0 saturated carbocycles. The molecule has 1 unspecified atom stereocenters. The zero-order valence-corrected chi connectivity index (χ0v) is 10.1. The van der Waals surface area contributed by atoms with E-state index >= 15 is 0 Å². The van der Waals surface area contributed by atoms with Gasteiger partial charge in [0.05, 0.1) is 13.2 Å². The molecule has 5 nitrogen and oxygen atoms in total. The van der Waals surface area contributed by atoms with Gasteiger partial charge in [0.1, 0.15) is 0 Å². The second kappa shape index (κ2) is 5.08. The van der Waals surface area contributed by atoms with Gasteiger partial charge in [-0.2, -0.15) is 18.2 Å². The van der Waals surface area contributed by atoms with Crippen LogP contribution in [-0.4, -0.2) is 17.3 Å². The number of methoxy groups -OCH3 is 1. The Morgan fingerprint density at radius 1 is 1.35 bits per heavy atom. The van der Waals surface area contributed by atoms with E-state index in [0.717, 1.165) is 6.07 Å². The third kappa shape index (κ3) is 2.72. The maximum atomic E-state index is 13.5. The first-order chi connectivity index (χ1) is 9.32. The zero-order chi connectivity index (χ0) is 14.9. The van der Waals surface area contributed by atoms with Crippen molar-refractivity contribution < 1.29 is 26.8 Å². The SMILES string of the molecule is COc1ccc(C(N)c2noc(C(F)(F)F)n2)cc1F. The van der Waals surface area contributed by atoms with Crippen molar-refractivity contribution in [1.82, 2.24) is 10.1 Å². The van der Waals surface area contributed by atoms with E-state index < -0.39 is 23.9 Å². The van der Waals surface area contributed by atoms with E-state index in [1.165, 1.54) is 19.2 Å². The Kier molecular flexibility index (Phi) is 3.62. The number of halogens is 4. The highest BCUT2D eigenvalue weighted by Gasteiger charge is 2.39. The molecule has 1 atom stereocenters. The third-order valence-electron chi connectivity index (χ3n) is 2.50. The van der Waals surface area contributed by atoms with Gasteiger partial charge in [-0.1, -0.05) is 11.2 Å². The molecule has 1 aromatic heterocycles. The fraction of sp³-hybridized carbons (Fsp3) is 0.273. The van der Waals surface area contributed by atoms with Crippen molar-refractivity contribution in [1.29, 1.82) is 0 Å². The first kappa shape index (κ1) is 14.3. The van der Waals surface area contributed by atoms with Crippen molar-refractivity contribution in [3.8, 4) is 5.75 Å². The van der Waals surface area contributed by atoms with Gasteiger partial charge in [-0.25, -0.2) is 4.39 Å². The molecule has 1 heterocycles. The highest BCUT2D eigenvalue weighted by atomic mass is 19.4. The highest BCUT2D eigenvalue weighted by molar-refractivity contribution is 5.33. The van der Waals surface area contributed by atoms with E-state index in [1.54, 1.807) is 0 Å². The molecule has 0 aliphatic heterocycles. The van der Waals surface area contributed by atoms with E-state index in [1.807, 2.05) is 0 Å². The summed E-state index contributed by atoms with van der Waals surface area (Å²) in [7, 11) is 1.28.